The van der Waals surface area contributed by atoms with Gasteiger partial charge >= 0.3 is 0 Å². The standard InChI is InChI=1S/C17H30N2O2/c1-5-7-10-19(6-2)11-8-9-14-12-15(18)17(21-4)13-16(14)20-3/h12-13H,5-11,18H2,1-4H3. The Bertz CT molecular complexity index is 421. The van der Waals surface area contributed by atoms with Crippen molar-refractivity contribution in [3.8, 4) is 11.5 Å². The van der Waals surface area contributed by atoms with Crippen LogP contribution in [0.3, 0.4) is 0 Å². The average Bonchev–Trinajstić information content (AvgIpc) is 2.50. The van der Waals surface area contributed by atoms with Crippen molar-refractivity contribution in [2.75, 3.05) is 39.6 Å². The first-order valence-corrected chi connectivity index (χ1v) is 7.88. The van der Waals surface area contributed by atoms with Gasteiger partial charge in [0.2, 0.25) is 0 Å². The molecule has 21 heavy (non-hydrogen) atoms. The van der Waals surface area contributed by atoms with Crippen LogP contribution in [0.5, 0.6) is 11.5 Å². The van der Waals surface area contributed by atoms with Crippen LogP contribution in [0.2, 0.25) is 0 Å². The summed E-state index contributed by atoms with van der Waals surface area (Å²) in [6.07, 6.45) is 4.60. The number of unbranched alkanes of at least 4 members (excludes halogenated alkanes) is 1. The number of nitrogen functional groups attached to an aromatic ring is 1. The van der Waals surface area contributed by atoms with Crippen molar-refractivity contribution >= 4 is 5.69 Å². The fourth-order valence-electron chi connectivity index (χ4n) is 2.49. The summed E-state index contributed by atoms with van der Waals surface area (Å²) >= 11 is 0. The molecular weight excluding hydrogens is 264 g/mol. The molecule has 0 atom stereocenters. The largest absolute Gasteiger partial charge is 0.496 e. The van der Waals surface area contributed by atoms with Gasteiger partial charge in [-0.3, -0.25) is 0 Å². The molecule has 0 heterocycles. The Morgan fingerprint density at radius 3 is 2.24 bits per heavy atom. The summed E-state index contributed by atoms with van der Waals surface area (Å²) in [5, 5.41) is 0. The van der Waals surface area contributed by atoms with Crippen LogP contribution in [-0.2, 0) is 6.42 Å². The summed E-state index contributed by atoms with van der Waals surface area (Å²) < 4.78 is 10.7. The van der Waals surface area contributed by atoms with Crippen molar-refractivity contribution in [3.63, 3.8) is 0 Å². The number of anilines is 1. The first-order chi connectivity index (χ1) is 10.2. The number of hydrogen-bond donors (Lipinski definition) is 1. The Hall–Kier alpha value is -1.42. The maximum absolute atomic E-state index is 5.99. The molecule has 0 saturated carbocycles. The monoisotopic (exact) mass is 294 g/mol. The van der Waals surface area contributed by atoms with E-state index in [1.165, 1.54) is 19.4 Å². The van der Waals surface area contributed by atoms with Crippen molar-refractivity contribution in [1.82, 2.24) is 4.90 Å². The highest BCUT2D eigenvalue weighted by Crippen LogP contribution is 2.31. The van der Waals surface area contributed by atoms with Crippen molar-refractivity contribution in [1.29, 1.82) is 0 Å². The van der Waals surface area contributed by atoms with Crippen molar-refractivity contribution < 1.29 is 9.47 Å². The van der Waals surface area contributed by atoms with Crippen LogP contribution < -0.4 is 15.2 Å². The second kappa shape index (κ2) is 9.50. The van der Waals surface area contributed by atoms with Gasteiger partial charge in [-0.05, 0) is 50.5 Å². The summed E-state index contributed by atoms with van der Waals surface area (Å²) in [5.74, 6) is 1.53. The molecule has 0 spiro atoms. The number of methoxy groups -OCH3 is 2. The lowest BCUT2D eigenvalue weighted by molar-refractivity contribution is 0.279. The summed E-state index contributed by atoms with van der Waals surface area (Å²) in [6, 6.07) is 3.85. The second-order valence-electron chi connectivity index (χ2n) is 5.30. The number of benzene rings is 1. The highest BCUT2D eigenvalue weighted by molar-refractivity contribution is 5.59. The molecule has 0 radical (unpaired) electrons. The number of hydrogen-bond acceptors (Lipinski definition) is 4. The molecule has 120 valence electrons. The normalized spacial score (nSPS) is 10.9. The van der Waals surface area contributed by atoms with Gasteiger partial charge in [0.25, 0.3) is 0 Å². The summed E-state index contributed by atoms with van der Waals surface area (Å²) in [4.78, 5) is 2.50. The van der Waals surface area contributed by atoms with Crippen LogP contribution in [0, 0.1) is 0 Å². The van der Waals surface area contributed by atoms with Crippen LogP contribution in [0.1, 0.15) is 38.7 Å². The van der Waals surface area contributed by atoms with E-state index in [1.807, 2.05) is 12.1 Å². The SMILES string of the molecule is CCCCN(CC)CCCc1cc(N)c(OC)cc1OC. The number of ether oxygens (including phenoxy) is 2. The predicted octanol–water partition coefficient (Wildman–Crippen LogP) is 3.34. The molecule has 0 bridgehead atoms. The minimum atomic E-state index is 0.673. The Labute approximate surface area is 129 Å². The van der Waals surface area contributed by atoms with E-state index < -0.39 is 0 Å². The lowest BCUT2D eigenvalue weighted by atomic mass is 10.1. The molecular formula is C17H30N2O2. The van der Waals surface area contributed by atoms with Crippen LogP contribution >= 0.6 is 0 Å². The molecule has 0 aliphatic rings. The summed E-state index contributed by atoms with van der Waals surface area (Å²) in [6.45, 7) is 7.88. The quantitative estimate of drug-likeness (QED) is 0.672. The van der Waals surface area contributed by atoms with E-state index in [-0.39, 0.29) is 0 Å². The fraction of sp³-hybridized carbons (Fsp3) is 0.647. The predicted molar refractivity (Wildman–Crippen MR) is 89.3 cm³/mol. The number of nitrogens with zero attached hydrogens (tertiary/aromatic N) is 1. The maximum Gasteiger partial charge on any atom is 0.145 e. The van der Waals surface area contributed by atoms with Crippen LogP contribution in [0.25, 0.3) is 0 Å². The van der Waals surface area contributed by atoms with Gasteiger partial charge in [-0.15, -0.1) is 0 Å². The highest BCUT2D eigenvalue weighted by Gasteiger charge is 2.10. The van der Waals surface area contributed by atoms with Crippen LogP contribution in [-0.4, -0.2) is 38.8 Å². The van der Waals surface area contributed by atoms with Gasteiger partial charge in [0.1, 0.15) is 11.5 Å². The van der Waals surface area contributed by atoms with E-state index in [0.29, 0.717) is 11.4 Å². The zero-order valence-corrected chi connectivity index (χ0v) is 13.9. The topological polar surface area (TPSA) is 47.7 Å². The first-order valence-electron chi connectivity index (χ1n) is 7.88. The average molecular weight is 294 g/mol. The molecule has 1 rings (SSSR count). The molecule has 1 aromatic carbocycles. The minimum Gasteiger partial charge on any atom is -0.496 e. The zero-order chi connectivity index (χ0) is 15.7. The lowest BCUT2D eigenvalue weighted by Gasteiger charge is -2.20. The molecule has 1 aromatic rings. The van der Waals surface area contributed by atoms with Crippen LogP contribution in [0.15, 0.2) is 12.1 Å². The van der Waals surface area contributed by atoms with Crippen molar-refractivity contribution in [2.24, 2.45) is 0 Å². The van der Waals surface area contributed by atoms with E-state index >= 15 is 0 Å². The number of aryl methyl sites for hydroxylation is 1. The smallest absolute Gasteiger partial charge is 0.145 e. The van der Waals surface area contributed by atoms with Crippen LogP contribution in [0.4, 0.5) is 5.69 Å². The maximum atomic E-state index is 5.99. The second-order valence-corrected chi connectivity index (χ2v) is 5.30. The van der Waals surface area contributed by atoms with E-state index in [1.54, 1.807) is 14.2 Å². The highest BCUT2D eigenvalue weighted by atomic mass is 16.5. The third-order valence-electron chi connectivity index (χ3n) is 3.83. The third-order valence-corrected chi connectivity index (χ3v) is 3.83. The Kier molecular flexibility index (Phi) is 7.98. The molecule has 0 fully saturated rings. The van der Waals surface area contributed by atoms with Gasteiger partial charge in [0, 0.05) is 6.07 Å². The molecule has 0 aromatic heterocycles. The molecule has 0 unspecified atom stereocenters. The third kappa shape index (κ3) is 5.46. The van der Waals surface area contributed by atoms with E-state index in [4.69, 9.17) is 15.2 Å². The summed E-state index contributed by atoms with van der Waals surface area (Å²) in [7, 11) is 3.31. The number of rotatable bonds is 10. The van der Waals surface area contributed by atoms with Gasteiger partial charge in [0.15, 0.2) is 0 Å². The van der Waals surface area contributed by atoms with Crippen molar-refractivity contribution in [2.45, 2.75) is 39.5 Å². The Morgan fingerprint density at radius 1 is 1.00 bits per heavy atom. The van der Waals surface area contributed by atoms with Gasteiger partial charge < -0.3 is 20.1 Å². The Balaban J connectivity index is 2.60. The zero-order valence-electron chi connectivity index (χ0n) is 13.9. The molecule has 0 amide bonds. The van der Waals surface area contributed by atoms with Gasteiger partial charge in [-0.25, -0.2) is 0 Å². The van der Waals surface area contributed by atoms with E-state index in [0.717, 1.165) is 37.2 Å². The molecule has 4 nitrogen and oxygen atoms in total. The van der Waals surface area contributed by atoms with Gasteiger partial charge in [0.05, 0.1) is 19.9 Å². The molecule has 4 heteroatoms. The Morgan fingerprint density at radius 2 is 1.67 bits per heavy atom. The summed E-state index contributed by atoms with van der Waals surface area (Å²) in [5.41, 5.74) is 7.82. The fourth-order valence-corrected chi connectivity index (χ4v) is 2.49. The van der Waals surface area contributed by atoms with Gasteiger partial charge in [-0.1, -0.05) is 20.3 Å². The lowest BCUT2D eigenvalue weighted by Crippen LogP contribution is -2.26. The molecule has 0 aliphatic carbocycles. The van der Waals surface area contributed by atoms with Crippen molar-refractivity contribution in [3.05, 3.63) is 17.7 Å². The molecule has 2 N–H and O–H groups in total. The first kappa shape index (κ1) is 17.6. The molecule has 0 saturated heterocycles. The van der Waals surface area contributed by atoms with E-state index in [9.17, 15) is 0 Å². The number of nitrogens with two attached hydrogens (primary N) is 1. The minimum absolute atomic E-state index is 0.673. The van der Waals surface area contributed by atoms with Gasteiger partial charge in [-0.2, -0.15) is 0 Å². The molecule has 0 aliphatic heterocycles. The van der Waals surface area contributed by atoms with E-state index in [2.05, 4.69) is 18.7 Å².